The first-order chi connectivity index (χ1) is 10.8. The van der Waals surface area contributed by atoms with Crippen LogP contribution in [0.5, 0.6) is 0 Å². The molecule has 0 spiro atoms. The minimum atomic E-state index is -0.555. The standard InChI is InChI=1S/C17H26N4O2/c1-6-12(5)21-16-14(8-19-21)13(7-11(4)20-16)17(23)18-9-15(22)10(2)3/h7-8,10,12,15,22H,6,9H2,1-5H3,(H,18,23). The fourth-order valence-corrected chi connectivity index (χ4v) is 2.35. The molecule has 2 N–H and O–H groups in total. The molecular formula is C17H26N4O2. The van der Waals surface area contributed by atoms with Crippen molar-refractivity contribution in [3.63, 3.8) is 0 Å². The highest BCUT2D eigenvalue weighted by molar-refractivity contribution is 6.05. The molecule has 6 nitrogen and oxygen atoms in total. The monoisotopic (exact) mass is 318 g/mol. The molecule has 2 heterocycles. The molecule has 2 rings (SSSR count). The van der Waals surface area contributed by atoms with Crippen molar-refractivity contribution in [3.8, 4) is 0 Å². The summed E-state index contributed by atoms with van der Waals surface area (Å²) in [6, 6.07) is 1.99. The summed E-state index contributed by atoms with van der Waals surface area (Å²) in [6.07, 6.45) is 2.08. The second kappa shape index (κ2) is 7.08. The number of aliphatic hydroxyl groups is 1. The fraction of sp³-hybridized carbons (Fsp3) is 0.588. The van der Waals surface area contributed by atoms with Gasteiger partial charge in [0.1, 0.15) is 0 Å². The van der Waals surface area contributed by atoms with Gasteiger partial charge in [0.25, 0.3) is 5.91 Å². The predicted molar refractivity (Wildman–Crippen MR) is 90.4 cm³/mol. The van der Waals surface area contributed by atoms with Gasteiger partial charge in [0.05, 0.1) is 29.3 Å². The average Bonchev–Trinajstić information content (AvgIpc) is 2.93. The third-order valence-electron chi connectivity index (χ3n) is 4.19. The molecule has 1 amide bonds. The number of fused-ring (bicyclic) bond motifs is 1. The van der Waals surface area contributed by atoms with Crippen molar-refractivity contribution in [2.45, 2.75) is 53.2 Å². The number of aromatic nitrogens is 3. The maximum absolute atomic E-state index is 12.5. The van der Waals surface area contributed by atoms with E-state index in [1.165, 1.54) is 0 Å². The number of amides is 1. The quantitative estimate of drug-likeness (QED) is 0.857. The summed E-state index contributed by atoms with van der Waals surface area (Å²) in [4.78, 5) is 17.0. The van der Waals surface area contributed by atoms with Gasteiger partial charge < -0.3 is 10.4 Å². The summed E-state index contributed by atoms with van der Waals surface area (Å²) in [5.41, 5.74) is 2.06. The number of aliphatic hydroxyl groups excluding tert-OH is 1. The zero-order chi connectivity index (χ0) is 17.1. The van der Waals surface area contributed by atoms with Gasteiger partial charge >= 0.3 is 0 Å². The average molecular weight is 318 g/mol. The van der Waals surface area contributed by atoms with Crippen LogP contribution in [-0.2, 0) is 0 Å². The van der Waals surface area contributed by atoms with Crippen LogP contribution in [0.3, 0.4) is 0 Å². The Hall–Kier alpha value is -1.95. The molecule has 2 aromatic rings. The Kier molecular flexibility index (Phi) is 5.36. The van der Waals surface area contributed by atoms with E-state index < -0.39 is 6.10 Å². The van der Waals surface area contributed by atoms with E-state index in [1.54, 1.807) is 12.3 Å². The Morgan fingerprint density at radius 3 is 2.70 bits per heavy atom. The zero-order valence-electron chi connectivity index (χ0n) is 14.5. The van der Waals surface area contributed by atoms with Crippen LogP contribution in [-0.4, -0.2) is 38.4 Å². The van der Waals surface area contributed by atoms with E-state index in [1.807, 2.05) is 25.5 Å². The Morgan fingerprint density at radius 1 is 1.39 bits per heavy atom. The molecule has 0 aliphatic heterocycles. The number of aryl methyl sites for hydroxylation is 1. The lowest BCUT2D eigenvalue weighted by Crippen LogP contribution is -2.34. The molecular weight excluding hydrogens is 292 g/mol. The Bertz CT molecular complexity index is 693. The molecule has 0 saturated heterocycles. The molecule has 0 aliphatic carbocycles. The highest BCUT2D eigenvalue weighted by Gasteiger charge is 2.18. The van der Waals surface area contributed by atoms with E-state index in [0.29, 0.717) is 5.56 Å². The van der Waals surface area contributed by atoms with Crippen LogP contribution in [0, 0.1) is 12.8 Å². The lowest BCUT2D eigenvalue weighted by atomic mass is 10.1. The summed E-state index contributed by atoms with van der Waals surface area (Å²) in [7, 11) is 0. The van der Waals surface area contributed by atoms with Gasteiger partial charge in [-0.15, -0.1) is 0 Å². The summed E-state index contributed by atoms with van der Waals surface area (Å²) < 4.78 is 1.86. The fourth-order valence-electron chi connectivity index (χ4n) is 2.35. The molecule has 0 saturated carbocycles. The third kappa shape index (κ3) is 3.69. The molecule has 0 aliphatic rings. The number of hydrogen-bond acceptors (Lipinski definition) is 4. The van der Waals surface area contributed by atoms with E-state index in [2.05, 4.69) is 29.2 Å². The summed E-state index contributed by atoms with van der Waals surface area (Å²) in [5, 5.41) is 17.8. The van der Waals surface area contributed by atoms with Crippen molar-refractivity contribution in [1.82, 2.24) is 20.1 Å². The normalized spacial score (nSPS) is 14.2. The van der Waals surface area contributed by atoms with Crippen molar-refractivity contribution in [2.24, 2.45) is 5.92 Å². The summed E-state index contributed by atoms with van der Waals surface area (Å²) in [6.45, 7) is 10.1. The maximum atomic E-state index is 12.5. The molecule has 0 bridgehead atoms. The summed E-state index contributed by atoms with van der Waals surface area (Å²) in [5.74, 6) is -0.105. The van der Waals surface area contributed by atoms with Gasteiger partial charge in [-0.1, -0.05) is 20.8 Å². The molecule has 2 atom stereocenters. The lowest BCUT2D eigenvalue weighted by Gasteiger charge is -2.15. The molecule has 2 aromatic heterocycles. The number of pyridine rings is 1. The predicted octanol–water partition coefficient (Wildman–Crippen LogP) is 2.46. The second-order valence-corrected chi connectivity index (χ2v) is 6.42. The Labute approximate surface area is 136 Å². The van der Waals surface area contributed by atoms with Crippen LogP contribution in [0.4, 0.5) is 0 Å². The minimum absolute atomic E-state index is 0.0997. The number of carbonyl (C=O) groups excluding carboxylic acids is 1. The van der Waals surface area contributed by atoms with Gasteiger partial charge in [0.2, 0.25) is 0 Å². The van der Waals surface area contributed by atoms with Gasteiger partial charge in [-0.3, -0.25) is 4.79 Å². The molecule has 0 radical (unpaired) electrons. The van der Waals surface area contributed by atoms with Crippen LogP contribution in [0.2, 0.25) is 0 Å². The first-order valence-electron chi connectivity index (χ1n) is 8.16. The molecule has 126 valence electrons. The zero-order valence-corrected chi connectivity index (χ0v) is 14.5. The number of rotatable bonds is 6. The topological polar surface area (TPSA) is 80.0 Å². The van der Waals surface area contributed by atoms with E-state index in [9.17, 15) is 9.90 Å². The minimum Gasteiger partial charge on any atom is -0.391 e. The van der Waals surface area contributed by atoms with E-state index in [4.69, 9.17) is 0 Å². The lowest BCUT2D eigenvalue weighted by molar-refractivity contribution is 0.0873. The third-order valence-corrected chi connectivity index (χ3v) is 4.19. The molecule has 2 unspecified atom stereocenters. The first-order valence-corrected chi connectivity index (χ1v) is 8.16. The number of nitrogens with one attached hydrogen (secondary N) is 1. The Morgan fingerprint density at radius 2 is 2.09 bits per heavy atom. The number of nitrogens with zero attached hydrogens (tertiary/aromatic N) is 3. The van der Waals surface area contributed by atoms with Crippen molar-refractivity contribution >= 4 is 16.9 Å². The van der Waals surface area contributed by atoms with Gasteiger partial charge in [-0.25, -0.2) is 9.67 Å². The smallest absolute Gasteiger partial charge is 0.252 e. The highest BCUT2D eigenvalue weighted by Crippen LogP contribution is 2.22. The summed E-state index contributed by atoms with van der Waals surface area (Å²) >= 11 is 0. The number of hydrogen-bond donors (Lipinski definition) is 2. The van der Waals surface area contributed by atoms with E-state index in [0.717, 1.165) is 23.1 Å². The Balaban J connectivity index is 2.33. The van der Waals surface area contributed by atoms with Crippen molar-refractivity contribution in [3.05, 3.63) is 23.5 Å². The largest absolute Gasteiger partial charge is 0.391 e. The van der Waals surface area contributed by atoms with Crippen LogP contribution < -0.4 is 5.32 Å². The number of carbonyl (C=O) groups is 1. The van der Waals surface area contributed by atoms with E-state index >= 15 is 0 Å². The molecule has 0 aromatic carbocycles. The van der Waals surface area contributed by atoms with Crippen molar-refractivity contribution < 1.29 is 9.90 Å². The van der Waals surface area contributed by atoms with Gasteiger partial charge in [0.15, 0.2) is 5.65 Å². The molecule has 0 fully saturated rings. The maximum Gasteiger partial charge on any atom is 0.252 e. The van der Waals surface area contributed by atoms with Gasteiger partial charge in [0, 0.05) is 12.2 Å². The van der Waals surface area contributed by atoms with E-state index in [-0.39, 0.29) is 24.4 Å². The SMILES string of the molecule is CCC(C)n1ncc2c(C(=O)NCC(O)C(C)C)cc(C)nc21. The van der Waals surface area contributed by atoms with Crippen molar-refractivity contribution in [1.29, 1.82) is 0 Å². The molecule has 23 heavy (non-hydrogen) atoms. The van der Waals surface area contributed by atoms with Gasteiger partial charge in [-0.05, 0) is 32.3 Å². The van der Waals surface area contributed by atoms with Crippen molar-refractivity contribution in [2.75, 3.05) is 6.54 Å². The molecule has 6 heteroatoms. The first kappa shape index (κ1) is 17.4. The van der Waals surface area contributed by atoms with Crippen LogP contribution >= 0.6 is 0 Å². The second-order valence-electron chi connectivity index (χ2n) is 6.42. The van der Waals surface area contributed by atoms with Crippen LogP contribution in [0.15, 0.2) is 12.3 Å². The van der Waals surface area contributed by atoms with Crippen LogP contribution in [0.1, 0.15) is 56.2 Å². The van der Waals surface area contributed by atoms with Gasteiger partial charge in [-0.2, -0.15) is 5.10 Å². The van der Waals surface area contributed by atoms with Crippen LogP contribution in [0.25, 0.3) is 11.0 Å². The highest BCUT2D eigenvalue weighted by atomic mass is 16.3.